The van der Waals surface area contributed by atoms with Crippen LogP contribution in [-0.4, -0.2) is 36.4 Å². The van der Waals surface area contributed by atoms with Gasteiger partial charge in [-0.1, -0.05) is 13.8 Å². The number of hydrogen-bond acceptors (Lipinski definition) is 5. The van der Waals surface area contributed by atoms with E-state index in [9.17, 15) is 19.2 Å². The Morgan fingerprint density at radius 2 is 1.83 bits per heavy atom. The van der Waals surface area contributed by atoms with Crippen LogP contribution in [0.5, 0.6) is 0 Å². The number of imidazole rings is 1. The molecule has 9 nitrogen and oxygen atoms in total. The van der Waals surface area contributed by atoms with Gasteiger partial charge in [0.05, 0.1) is 12.4 Å². The van der Waals surface area contributed by atoms with E-state index in [0.717, 1.165) is 4.57 Å². The lowest BCUT2D eigenvalue weighted by atomic mass is 10.0. The molecule has 0 aliphatic carbocycles. The summed E-state index contributed by atoms with van der Waals surface area (Å²) in [7, 11) is 2.87. The maximum absolute atomic E-state index is 12.3. The minimum atomic E-state index is -0.584. The van der Waals surface area contributed by atoms with Crippen LogP contribution >= 0.6 is 0 Å². The van der Waals surface area contributed by atoms with Crippen molar-refractivity contribution in [3.8, 4) is 0 Å². The van der Waals surface area contributed by atoms with Crippen LogP contribution in [0.15, 0.2) is 15.9 Å². The lowest BCUT2D eigenvalue weighted by Crippen LogP contribution is -2.44. The van der Waals surface area contributed by atoms with Crippen molar-refractivity contribution >= 4 is 22.9 Å². The molecule has 24 heavy (non-hydrogen) atoms. The van der Waals surface area contributed by atoms with Crippen molar-refractivity contribution in [2.45, 2.75) is 33.4 Å². The minimum Gasteiger partial charge on any atom is -0.344 e. The van der Waals surface area contributed by atoms with Crippen molar-refractivity contribution in [2.75, 3.05) is 0 Å². The van der Waals surface area contributed by atoms with Crippen molar-refractivity contribution in [3.63, 3.8) is 0 Å². The van der Waals surface area contributed by atoms with Crippen molar-refractivity contribution < 1.29 is 9.59 Å². The van der Waals surface area contributed by atoms with Gasteiger partial charge in [-0.25, -0.2) is 9.78 Å². The van der Waals surface area contributed by atoms with Gasteiger partial charge in [-0.15, -0.1) is 0 Å². The summed E-state index contributed by atoms with van der Waals surface area (Å²) in [4.78, 5) is 52.1. The average Bonchev–Trinajstić information content (AvgIpc) is 2.91. The van der Waals surface area contributed by atoms with Gasteiger partial charge in [-0.05, 0) is 12.8 Å². The third-order valence-corrected chi connectivity index (χ3v) is 3.95. The number of nitrogens with one attached hydrogen (secondary N) is 1. The molecule has 1 unspecified atom stereocenters. The van der Waals surface area contributed by atoms with E-state index in [1.807, 2.05) is 13.8 Å². The Kier molecular flexibility index (Phi) is 4.72. The number of nitrogens with zero attached hydrogens (tertiary/aromatic N) is 4. The average molecular weight is 335 g/mol. The molecule has 0 fully saturated rings. The van der Waals surface area contributed by atoms with Gasteiger partial charge in [0.1, 0.15) is 6.54 Å². The van der Waals surface area contributed by atoms with E-state index in [1.54, 1.807) is 0 Å². The Bertz CT molecular complexity index is 918. The molecule has 2 aromatic rings. The zero-order chi connectivity index (χ0) is 18.2. The predicted octanol–water partition coefficient (Wildman–Crippen LogP) is -0.836. The molecule has 0 saturated heterocycles. The van der Waals surface area contributed by atoms with Crippen LogP contribution in [0.4, 0.5) is 0 Å². The largest absolute Gasteiger partial charge is 0.344 e. The predicted molar refractivity (Wildman–Crippen MR) is 87.7 cm³/mol. The molecule has 0 bridgehead atoms. The summed E-state index contributed by atoms with van der Waals surface area (Å²) in [5.41, 5.74) is -0.634. The van der Waals surface area contributed by atoms with Gasteiger partial charge in [0.15, 0.2) is 16.9 Å². The maximum atomic E-state index is 12.3. The quantitative estimate of drug-likeness (QED) is 0.767. The van der Waals surface area contributed by atoms with Crippen molar-refractivity contribution in [3.05, 3.63) is 27.2 Å². The van der Waals surface area contributed by atoms with Gasteiger partial charge in [-0.3, -0.25) is 23.5 Å². The summed E-state index contributed by atoms with van der Waals surface area (Å²) in [6.07, 6.45) is 1.34. The number of hydrogen-bond donors (Lipinski definition) is 1. The highest BCUT2D eigenvalue weighted by atomic mass is 16.2. The van der Waals surface area contributed by atoms with Gasteiger partial charge >= 0.3 is 5.69 Å². The summed E-state index contributed by atoms with van der Waals surface area (Å²) in [6, 6.07) is -0.584. The molecule has 9 heteroatoms. The van der Waals surface area contributed by atoms with Crippen molar-refractivity contribution in [1.29, 1.82) is 0 Å². The smallest absolute Gasteiger partial charge is 0.332 e. The molecule has 0 spiro atoms. The van der Waals surface area contributed by atoms with Crippen molar-refractivity contribution in [2.24, 2.45) is 20.0 Å². The minimum absolute atomic E-state index is 0.0420. The number of carbonyl (C=O) groups is 2. The molecule has 0 aromatic carbocycles. The second kappa shape index (κ2) is 6.42. The standard InChI is InChI=1S/C15H21N5O4/c1-8(2)11(9(3)21)17-10(22)6-20-7-16-13-12(20)14(23)19(5)15(24)18(13)4/h7-8,11H,6H2,1-5H3,(H,17,22). The van der Waals surface area contributed by atoms with Crippen molar-refractivity contribution in [1.82, 2.24) is 24.0 Å². The van der Waals surface area contributed by atoms with Crippen LogP contribution in [0.1, 0.15) is 20.8 Å². The van der Waals surface area contributed by atoms with Crippen LogP contribution in [0, 0.1) is 5.92 Å². The SMILES string of the molecule is CC(=O)C(NC(=O)Cn1cnc2c1c(=O)n(C)c(=O)n2C)C(C)C. The van der Waals surface area contributed by atoms with E-state index in [2.05, 4.69) is 10.3 Å². The molecule has 0 aliphatic rings. The molecule has 1 atom stereocenters. The maximum Gasteiger partial charge on any atom is 0.332 e. The third-order valence-electron chi connectivity index (χ3n) is 3.95. The Labute approximate surface area is 137 Å². The fraction of sp³-hybridized carbons (Fsp3) is 0.533. The zero-order valence-corrected chi connectivity index (χ0v) is 14.4. The fourth-order valence-electron chi connectivity index (χ4n) is 2.63. The molecule has 2 rings (SSSR count). The molecule has 130 valence electrons. The van der Waals surface area contributed by atoms with Crippen LogP contribution in [0.3, 0.4) is 0 Å². The first-order valence-electron chi connectivity index (χ1n) is 7.55. The number of rotatable bonds is 5. The highest BCUT2D eigenvalue weighted by Crippen LogP contribution is 2.06. The van der Waals surface area contributed by atoms with Crippen LogP contribution in [-0.2, 0) is 30.2 Å². The summed E-state index contributed by atoms with van der Waals surface area (Å²) in [5, 5.41) is 2.66. The van der Waals surface area contributed by atoms with Gasteiger partial charge < -0.3 is 9.88 Å². The number of aromatic nitrogens is 4. The van der Waals surface area contributed by atoms with E-state index < -0.39 is 23.2 Å². The first kappa shape index (κ1) is 17.6. The van der Waals surface area contributed by atoms with Crippen LogP contribution < -0.4 is 16.6 Å². The second-order valence-electron chi connectivity index (χ2n) is 6.15. The first-order chi connectivity index (χ1) is 11.1. The normalized spacial score (nSPS) is 12.6. The molecule has 1 N–H and O–H groups in total. The summed E-state index contributed by atoms with van der Waals surface area (Å²) in [6.45, 7) is 4.93. The third kappa shape index (κ3) is 3.01. The summed E-state index contributed by atoms with van der Waals surface area (Å²) in [5.74, 6) is -0.578. The fourth-order valence-corrected chi connectivity index (χ4v) is 2.63. The molecule has 0 saturated carbocycles. The van der Waals surface area contributed by atoms with E-state index in [1.165, 1.54) is 36.5 Å². The number of amides is 1. The molecule has 1 amide bonds. The molecular formula is C15H21N5O4. The Hall–Kier alpha value is -2.71. The molecular weight excluding hydrogens is 314 g/mol. The number of carbonyl (C=O) groups excluding carboxylic acids is 2. The molecule has 2 aromatic heterocycles. The van der Waals surface area contributed by atoms with Gasteiger partial charge in [0.2, 0.25) is 5.91 Å². The number of fused-ring (bicyclic) bond motifs is 1. The van der Waals surface area contributed by atoms with Crippen LogP contribution in [0.2, 0.25) is 0 Å². The van der Waals surface area contributed by atoms with Gasteiger partial charge in [0.25, 0.3) is 5.56 Å². The Balaban J connectivity index is 2.38. The zero-order valence-electron chi connectivity index (χ0n) is 14.4. The van der Waals surface area contributed by atoms with Gasteiger partial charge in [0, 0.05) is 14.1 Å². The Morgan fingerprint density at radius 3 is 2.38 bits per heavy atom. The lowest BCUT2D eigenvalue weighted by molar-refractivity contribution is -0.128. The topological polar surface area (TPSA) is 108 Å². The monoisotopic (exact) mass is 335 g/mol. The van der Waals surface area contributed by atoms with E-state index in [4.69, 9.17) is 0 Å². The highest BCUT2D eigenvalue weighted by molar-refractivity contribution is 5.88. The summed E-state index contributed by atoms with van der Waals surface area (Å²) >= 11 is 0. The Morgan fingerprint density at radius 1 is 1.21 bits per heavy atom. The van der Waals surface area contributed by atoms with E-state index >= 15 is 0 Å². The lowest BCUT2D eigenvalue weighted by Gasteiger charge is -2.19. The van der Waals surface area contributed by atoms with E-state index in [0.29, 0.717) is 0 Å². The molecule has 0 aliphatic heterocycles. The number of ketones is 1. The van der Waals surface area contributed by atoms with Gasteiger partial charge in [-0.2, -0.15) is 0 Å². The van der Waals surface area contributed by atoms with Crippen LogP contribution in [0.25, 0.3) is 11.2 Å². The van der Waals surface area contributed by atoms with E-state index in [-0.39, 0.29) is 29.4 Å². The second-order valence-corrected chi connectivity index (χ2v) is 6.15. The number of Topliss-reactive ketones (excluding diaryl/α,β-unsaturated/α-hetero) is 1. The summed E-state index contributed by atoms with van der Waals surface area (Å²) < 4.78 is 3.59. The molecule has 2 heterocycles. The number of aryl methyl sites for hydroxylation is 1. The first-order valence-corrected chi connectivity index (χ1v) is 7.55. The highest BCUT2D eigenvalue weighted by Gasteiger charge is 2.22. The molecule has 0 radical (unpaired) electrons.